The number of hydrogen-bond donors (Lipinski definition) is 0. The lowest BCUT2D eigenvalue weighted by Crippen LogP contribution is -2.44. The van der Waals surface area contributed by atoms with Gasteiger partial charge in [-0.1, -0.05) is 28.4 Å². The van der Waals surface area contributed by atoms with E-state index in [0.29, 0.717) is 72.6 Å². The molecule has 12 nitrogen and oxygen atoms in total. The first-order valence-electron chi connectivity index (χ1n) is 15.3. The number of ether oxygens (including phenoxy) is 2. The molecular weight excluding hydrogens is 627 g/mol. The first-order valence-corrected chi connectivity index (χ1v) is 18.2. The molecule has 3 aromatic heterocycles. The number of rotatable bonds is 5. The number of pyridine rings is 1. The van der Waals surface area contributed by atoms with Gasteiger partial charge in [-0.25, -0.2) is 36.5 Å². The Morgan fingerprint density at radius 2 is 1.80 bits per heavy atom. The molecule has 2 saturated heterocycles. The minimum Gasteiger partial charge on any atom is -0.444 e. The minimum atomic E-state index is -3.88. The van der Waals surface area contributed by atoms with Crippen molar-refractivity contribution in [2.24, 2.45) is 4.36 Å². The molecule has 0 bridgehead atoms. The Labute approximate surface area is 271 Å². The van der Waals surface area contributed by atoms with Gasteiger partial charge in [0.05, 0.1) is 24.2 Å². The summed E-state index contributed by atoms with van der Waals surface area (Å²) in [5.41, 5.74) is 1.38. The Hall–Kier alpha value is -3.88. The van der Waals surface area contributed by atoms with Gasteiger partial charge < -0.3 is 19.3 Å². The lowest BCUT2D eigenvalue weighted by Gasteiger charge is -2.34. The average Bonchev–Trinajstić information content (AvgIpc) is 3.46. The second-order valence-corrected chi connectivity index (χ2v) is 16.2. The second kappa shape index (κ2) is 12.7. The van der Waals surface area contributed by atoms with Crippen LogP contribution in [0, 0.1) is 6.92 Å². The van der Waals surface area contributed by atoms with E-state index in [2.05, 4.69) is 16.8 Å². The molecule has 5 heterocycles. The van der Waals surface area contributed by atoms with Crippen LogP contribution in [0.15, 0.2) is 64.1 Å². The molecule has 244 valence electrons. The number of carbonyl (C=O) groups is 1. The van der Waals surface area contributed by atoms with Crippen LogP contribution in [-0.4, -0.2) is 94.3 Å². The molecule has 0 aliphatic carbocycles. The number of benzene rings is 1. The molecule has 0 radical (unpaired) electrons. The van der Waals surface area contributed by atoms with E-state index in [9.17, 15) is 13.2 Å². The van der Waals surface area contributed by atoms with E-state index >= 15 is 0 Å². The quantitative estimate of drug-likeness (QED) is 0.291. The molecule has 0 unspecified atom stereocenters. The normalized spacial score (nSPS) is 18.2. The lowest BCUT2D eigenvalue weighted by atomic mass is 10.1. The van der Waals surface area contributed by atoms with Crippen molar-refractivity contribution >= 4 is 49.5 Å². The summed E-state index contributed by atoms with van der Waals surface area (Å²) < 4.78 is 44.7. The number of morpholine rings is 1. The Morgan fingerprint density at radius 1 is 1.07 bits per heavy atom. The third-order valence-corrected chi connectivity index (χ3v) is 11.2. The number of fused-ring (bicyclic) bond motifs is 1. The van der Waals surface area contributed by atoms with Crippen molar-refractivity contribution in [3.63, 3.8) is 0 Å². The standard InChI is InChI=1S/C32H39N7O5S2/c1-22-6-8-24(9-7-22)46(41,42)39-13-11-26-25(10-12-33-30(26)39)29-34-27(20-28(35-29)38-14-17-43-21-23(38)2)36-45-18-15-37(16-19-45)31(40)44-32(3,4)5/h6-13,20,23H,14-19,21H2,1-5H3/t23-/m1/s1. The molecular formula is C32H39N7O5S2. The number of anilines is 1. The summed E-state index contributed by atoms with van der Waals surface area (Å²) in [6.45, 7) is 12.5. The summed E-state index contributed by atoms with van der Waals surface area (Å²) in [5, 5.41) is 0.615. The topological polar surface area (TPSA) is 132 Å². The molecule has 1 aromatic carbocycles. The predicted molar refractivity (Wildman–Crippen MR) is 179 cm³/mol. The fourth-order valence-electron chi connectivity index (χ4n) is 5.41. The van der Waals surface area contributed by atoms with Crippen LogP contribution < -0.4 is 4.90 Å². The average molecular weight is 666 g/mol. The van der Waals surface area contributed by atoms with Gasteiger partial charge in [-0.15, -0.1) is 0 Å². The molecule has 2 aliphatic rings. The van der Waals surface area contributed by atoms with Gasteiger partial charge in [0.15, 0.2) is 17.3 Å². The summed E-state index contributed by atoms with van der Waals surface area (Å²) in [6.07, 6.45) is 2.80. The Kier molecular flexibility index (Phi) is 8.87. The SMILES string of the molecule is Cc1ccc(S(=O)(=O)n2ccc3c(-c4nc(N=S5CCN(C(=O)OC(C)(C)C)CC5)cc(N5CCOC[C@H]5C)n4)ccnc32)cc1. The molecule has 2 aliphatic heterocycles. The molecule has 2 fully saturated rings. The molecule has 46 heavy (non-hydrogen) atoms. The van der Waals surface area contributed by atoms with Gasteiger partial charge in [0, 0.05) is 60.5 Å². The number of carbonyl (C=O) groups excluding carboxylic acids is 1. The van der Waals surface area contributed by atoms with Crippen LogP contribution in [0.2, 0.25) is 0 Å². The van der Waals surface area contributed by atoms with Gasteiger partial charge in [0.2, 0.25) is 0 Å². The zero-order chi connectivity index (χ0) is 32.6. The Morgan fingerprint density at radius 3 is 2.50 bits per heavy atom. The van der Waals surface area contributed by atoms with Gasteiger partial charge >= 0.3 is 6.09 Å². The summed E-state index contributed by atoms with van der Waals surface area (Å²) >= 11 is 0. The van der Waals surface area contributed by atoms with Crippen LogP contribution in [-0.2, 0) is 30.2 Å². The number of aryl methyl sites for hydroxylation is 1. The molecule has 14 heteroatoms. The number of amides is 1. The summed E-state index contributed by atoms with van der Waals surface area (Å²) in [5.74, 6) is 3.13. The van der Waals surface area contributed by atoms with E-state index in [1.165, 1.54) is 10.2 Å². The smallest absolute Gasteiger partial charge is 0.410 e. The molecule has 0 spiro atoms. The summed E-state index contributed by atoms with van der Waals surface area (Å²) in [7, 11) is -4.24. The van der Waals surface area contributed by atoms with Crippen molar-refractivity contribution in [2.75, 3.05) is 49.3 Å². The van der Waals surface area contributed by atoms with Crippen molar-refractivity contribution < 1.29 is 22.7 Å². The summed E-state index contributed by atoms with van der Waals surface area (Å²) in [6, 6.07) is 12.3. The zero-order valence-electron chi connectivity index (χ0n) is 26.7. The highest BCUT2D eigenvalue weighted by atomic mass is 32.2. The third-order valence-electron chi connectivity index (χ3n) is 7.80. The van der Waals surface area contributed by atoms with Crippen LogP contribution >= 0.6 is 0 Å². The third kappa shape index (κ3) is 6.79. The Bertz CT molecular complexity index is 1890. The van der Waals surface area contributed by atoms with Gasteiger partial charge in [0.1, 0.15) is 11.4 Å². The van der Waals surface area contributed by atoms with Crippen molar-refractivity contribution in [2.45, 2.75) is 51.2 Å². The van der Waals surface area contributed by atoms with E-state index in [1.807, 2.05) is 33.8 Å². The Balaban J connectivity index is 1.37. The van der Waals surface area contributed by atoms with Gasteiger partial charge in [0.25, 0.3) is 10.0 Å². The van der Waals surface area contributed by atoms with Crippen LogP contribution in [0.5, 0.6) is 0 Å². The van der Waals surface area contributed by atoms with Crippen LogP contribution in [0.1, 0.15) is 33.3 Å². The molecule has 1 amide bonds. The fraction of sp³-hybridized carbons (Fsp3) is 0.438. The van der Waals surface area contributed by atoms with Crippen molar-refractivity contribution in [3.8, 4) is 11.4 Å². The zero-order valence-corrected chi connectivity index (χ0v) is 28.3. The highest BCUT2D eigenvalue weighted by Gasteiger charge is 2.27. The van der Waals surface area contributed by atoms with E-state index in [-0.39, 0.29) is 27.7 Å². The molecule has 0 N–H and O–H groups in total. The maximum Gasteiger partial charge on any atom is 0.410 e. The first-order chi connectivity index (χ1) is 21.9. The largest absolute Gasteiger partial charge is 0.444 e. The van der Waals surface area contributed by atoms with E-state index in [4.69, 9.17) is 23.8 Å². The molecule has 0 saturated carbocycles. The minimum absolute atomic E-state index is 0.0991. The van der Waals surface area contributed by atoms with Gasteiger partial charge in [-0.2, -0.15) is 0 Å². The maximum absolute atomic E-state index is 13.6. The molecule has 6 rings (SSSR count). The van der Waals surface area contributed by atoms with Gasteiger partial charge in [-0.3, -0.25) is 0 Å². The van der Waals surface area contributed by atoms with E-state index in [1.54, 1.807) is 47.5 Å². The number of aromatic nitrogens is 4. The van der Waals surface area contributed by atoms with Crippen molar-refractivity contribution in [3.05, 3.63) is 60.4 Å². The second-order valence-electron chi connectivity index (χ2n) is 12.5. The predicted octanol–water partition coefficient (Wildman–Crippen LogP) is 4.95. The summed E-state index contributed by atoms with van der Waals surface area (Å²) in [4.78, 5) is 31.0. The number of nitrogens with zero attached hydrogens (tertiary/aromatic N) is 7. The molecule has 1 atom stereocenters. The van der Waals surface area contributed by atoms with Crippen molar-refractivity contribution in [1.82, 2.24) is 23.8 Å². The van der Waals surface area contributed by atoms with Gasteiger partial charge in [-0.05, 0) is 58.9 Å². The van der Waals surface area contributed by atoms with E-state index < -0.39 is 15.6 Å². The van der Waals surface area contributed by atoms with Crippen molar-refractivity contribution in [1.29, 1.82) is 0 Å². The maximum atomic E-state index is 13.6. The van der Waals surface area contributed by atoms with E-state index in [0.717, 1.165) is 11.4 Å². The monoisotopic (exact) mass is 665 g/mol. The fourth-order valence-corrected chi connectivity index (χ4v) is 8.32. The highest BCUT2D eigenvalue weighted by molar-refractivity contribution is 7.90. The highest BCUT2D eigenvalue weighted by Crippen LogP contribution is 2.32. The number of hydrogen-bond acceptors (Lipinski definition) is 10. The van der Waals surface area contributed by atoms with Crippen LogP contribution in [0.4, 0.5) is 16.4 Å². The molecule has 4 aromatic rings. The van der Waals surface area contributed by atoms with Crippen LogP contribution in [0.3, 0.4) is 0 Å². The first kappa shape index (κ1) is 32.1. The van der Waals surface area contributed by atoms with Crippen LogP contribution in [0.25, 0.3) is 22.4 Å². The lowest BCUT2D eigenvalue weighted by molar-refractivity contribution is 0.0269.